The zero-order valence-electron chi connectivity index (χ0n) is 10.6. The number of halogens is 1. The van der Waals surface area contributed by atoms with Crippen molar-refractivity contribution in [3.8, 4) is 5.75 Å². The van der Waals surface area contributed by atoms with Crippen molar-refractivity contribution in [3.63, 3.8) is 0 Å². The van der Waals surface area contributed by atoms with Gasteiger partial charge in [0.2, 0.25) is 0 Å². The van der Waals surface area contributed by atoms with Gasteiger partial charge in [0.05, 0.1) is 23.2 Å². The molecule has 2 nitrogen and oxygen atoms in total. The fourth-order valence-electron chi connectivity index (χ4n) is 1.59. The first-order valence-corrected chi connectivity index (χ1v) is 7.30. The summed E-state index contributed by atoms with van der Waals surface area (Å²) in [6.45, 7) is 4.84. The molecule has 96 valence electrons. The van der Waals surface area contributed by atoms with Crippen LogP contribution < -0.4 is 4.74 Å². The lowest BCUT2D eigenvalue weighted by molar-refractivity contribution is 0.321. The molecule has 0 saturated heterocycles. The lowest BCUT2D eigenvalue weighted by Gasteiger charge is -2.07. The lowest BCUT2D eigenvalue weighted by atomic mass is 10.1. The van der Waals surface area contributed by atoms with Gasteiger partial charge in [0.1, 0.15) is 5.75 Å². The third-order valence-electron chi connectivity index (χ3n) is 2.80. The summed E-state index contributed by atoms with van der Waals surface area (Å²) in [4.78, 5) is 4.40. The lowest BCUT2D eigenvalue weighted by Crippen LogP contribution is -2.01. The van der Waals surface area contributed by atoms with Crippen LogP contribution in [0, 0.1) is 13.8 Å². The molecule has 0 aliphatic heterocycles. The van der Waals surface area contributed by atoms with Gasteiger partial charge in [0, 0.05) is 11.8 Å². The van der Waals surface area contributed by atoms with E-state index in [1.807, 2.05) is 11.4 Å². The summed E-state index contributed by atoms with van der Waals surface area (Å²) >= 11 is 7.35. The maximum absolute atomic E-state index is 5.72. The molecule has 0 bridgehead atoms. The van der Waals surface area contributed by atoms with Crippen molar-refractivity contribution in [2.45, 2.75) is 26.1 Å². The maximum Gasteiger partial charge on any atom is 0.119 e. The number of aromatic nitrogens is 1. The van der Waals surface area contributed by atoms with Gasteiger partial charge in [0.15, 0.2) is 0 Å². The summed E-state index contributed by atoms with van der Waals surface area (Å²) in [7, 11) is 0. The Hall–Kier alpha value is -1.06. The Morgan fingerprint density at radius 1 is 1.28 bits per heavy atom. The van der Waals surface area contributed by atoms with Crippen molar-refractivity contribution >= 4 is 22.9 Å². The molecule has 1 aromatic carbocycles. The van der Waals surface area contributed by atoms with Crippen LogP contribution in [0.2, 0.25) is 0 Å². The summed E-state index contributed by atoms with van der Waals surface area (Å²) in [5.41, 5.74) is 3.49. The van der Waals surface area contributed by atoms with E-state index < -0.39 is 0 Å². The van der Waals surface area contributed by atoms with Gasteiger partial charge in [0.25, 0.3) is 0 Å². The van der Waals surface area contributed by atoms with Gasteiger partial charge in [-0.2, -0.15) is 0 Å². The molecule has 0 atom stereocenters. The molecule has 1 heterocycles. The number of ether oxygens (including phenoxy) is 1. The minimum Gasteiger partial charge on any atom is -0.493 e. The summed E-state index contributed by atoms with van der Waals surface area (Å²) in [6, 6.07) is 6.16. The van der Waals surface area contributed by atoms with Crippen LogP contribution >= 0.6 is 22.9 Å². The van der Waals surface area contributed by atoms with Crippen LogP contribution in [0.25, 0.3) is 0 Å². The largest absolute Gasteiger partial charge is 0.493 e. The number of thiazole rings is 1. The zero-order valence-corrected chi connectivity index (χ0v) is 12.1. The second-order valence-electron chi connectivity index (χ2n) is 4.21. The number of alkyl halides is 1. The van der Waals surface area contributed by atoms with Crippen LogP contribution in [-0.2, 0) is 12.3 Å². The van der Waals surface area contributed by atoms with E-state index in [2.05, 4.69) is 31.0 Å². The normalized spacial score (nSPS) is 10.6. The van der Waals surface area contributed by atoms with E-state index in [4.69, 9.17) is 16.3 Å². The van der Waals surface area contributed by atoms with Crippen molar-refractivity contribution in [1.29, 1.82) is 0 Å². The van der Waals surface area contributed by atoms with E-state index in [-0.39, 0.29) is 0 Å². The fourth-order valence-corrected chi connectivity index (χ4v) is 2.59. The second kappa shape index (κ2) is 6.21. The highest BCUT2D eigenvalue weighted by Crippen LogP contribution is 2.17. The van der Waals surface area contributed by atoms with Crippen LogP contribution in [0.15, 0.2) is 23.6 Å². The summed E-state index contributed by atoms with van der Waals surface area (Å²) < 4.78 is 5.72. The molecule has 0 aliphatic carbocycles. The number of rotatable bonds is 5. The Morgan fingerprint density at radius 3 is 2.78 bits per heavy atom. The van der Waals surface area contributed by atoms with Crippen molar-refractivity contribution < 1.29 is 4.74 Å². The molecule has 2 aromatic rings. The molecule has 18 heavy (non-hydrogen) atoms. The standard InChI is InChI=1S/C14H16ClNOS/c1-10-3-4-13(7-11(10)2)17-6-5-14-16-12(8-15)9-18-14/h3-4,7,9H,5-6,8H2,1-2H3. The Morgan fingerprint density at radius 2 is 2.11 bits per heavy atom. The van der Waals surface area contributed by atoms with Crippen molar-refractivity contribution in [2.75, 3.05) is 6.61 Å². The van der Waals surface area contributed by atoms with Gasteiger partial charge in [-0.15, -0.1) is 22.9 Å². The second-order valence-corrected chi connectivity index (χ2v) is 5.42. The molecule has 2 rings (SSSR count). The minimum atomic E-state index is 0.481. The molecule has 0 spiro atoms. The van der Waals surface area contributed by atoms with Crippen molar-refractivity contribution in [3.05, 3.63) is 45.4 Å². The molecule has 0 fully saturated rings. The SMILES string of the molecule is Cc1ccc(OCCc2nc(CCl)cs2)cc1C. The highest BCUT2D eigenvalue weighted by molar-refractivity contribution is 7.09. The summed E-state index contributed by atoms with van der Waals surface area (Å²) in [5.74, 6) is 1.40. The Balaban J connectivity index is 1.86. The monoisotopic (exact) mass is 281 g/mol. The zero-order chi connectivity index (χ0) is 13.0. The van der Waals surface area contributed by atoms with Gasteiger partial charge in [-0.05, 0) is 37.1 Å². The van der Waals surface area contributed by atoms with E-state index in [1.165, 1.54) is 11.1 Å². The Bertz CT molecular complexity index is 524. The smallest absolute Gasteiger partial charge is 0.119 e. The first-order chi connectivity index (χ1) is 8.69. The molecule has 0 saturated carbocycles. The van der Waals surface area contributed by atoms with Gasteiger partial charge >= 0.3 is 0 Å². The molecule has 0 unspecified atom stereocenters. The summed E-state index contributed by atoms with van der Waals surface area (Å²) in [6.07, 6.45) is 0.828. The molecule has 0 amide bonds. The van der Waals surface area contributed by atoms with E-state index in [1.54, 1.807) is 11.3 Å². The van der Waals surface area contributed by atoms with Crippen LogP contribution in [-0.4, -0.2) is 11.6 Å². The predicted octanol–water partition coefficient (Wildman–Crippen LogP) is 4.12. The first-order valence-electron chi connectivity index (χ1n) is 5.88. The number of benzene rings is 1. The van der Waals surface area contributed by atoms with E-state index in [0.29, 0.717) is 12.5 Å². The molecular formula is C14H16ClNOS. The number of hydrogen-bond acceptors (Lipinski definition) is 3. The van der Waals surface area contributed by atoms with E-state index in [0.717, 1.165) is 22.9 Å². The Labute approximate surface area is 117 Å². The van der Waals surface area contributed by atoms with Gasteiger partial charge in [-0.3, -0.25) is 0 Å². The topological polar surface area (TPSA) is 22.1 Å². The van der Waals surface area contributed by atoms with Crippen molar-refractivity contribution in [2.24, 2.45) is 0 Å². The number of hydrogen-bond donors (Lipinski definition) is 0. The highest BCUT2D eigenvalue weighted by atomic mass is 35.5. The molecule has 4 heteroatoms. The van der Waals surface area contributed by atoms with Gasteiger partial charge in [-0.25, -0.2) is 4.98 Å². The summed E-state index contributed by atoms with van der Waals surface area (Å²) in [5, 5.41) is 3.08. The third-order valence-corrected chi connectivity index (χ3v) is 4.03. The molecule has 0 aliphatic rings. The molecular weight excluding hydrogens is 266 g/mol. The maximum atomic E-state index is 5.72. The van der Waals surface area contributed by atoms with Gasteiger partial charge in [-0.1, -0.05) is 6.07 Å². The first kappa shape index (κ1) is 13.4. The third kappa shape index (κ3) is 3.47. The van der Waals surface area contributed by atoms with Crippen molar-refractivity contribution in [1.82, 2.24) is 4.98 Å². The molecule has 0 radical (unpaired) electrons. The average molecular weight is 282 g/mol. The minimum absolute atomic E-state index is 0.481. The fraction of sp³-hybridized carbons (Fsp3) is 0.357. The van der Waals surface area contributed by atoms with E-state index in [9.17, 15) is 0 Å². The van der Waals surface area contributed by atoms with Crippen LogP contribution in [0.3, 0.4) is 0 Å². The average Bonchev–Trinajstić information content (AvgIpc) is 2.82. The van der Waals surface area contributed by atoms with Crippen LogP contribution in [0.5, 0.6) is 5.75 Å². The predicted molar refractivity (Wildman–Crippen MR) is 76.8 cm³/mol. The number of nitrogens with zero attached hydrogens (tertiary/aromatic N) is 1. The van der Waals surface area contributed by atoms with Crippen LogP contribution in [0.1, 0.15) is 21.8 Å². The van der Waals surface area contributed by atoms with Crippen LogP contribution in [0.4, 0.5) is 0 Å². The van der Waals surface area contributed by atoms with Gasteiger partial charge < -0.3 is 4.74 Å². The van der Waals surface area contributed by atoms with E-state index >= 15 is 0 Å². The quantitative estimate of drug-likeness (QED) is 0.769. The Kier molecular flexibility index (Phi) is 4.61. The molecule has 1 aromatic heterocycles. The highest BCUT2D eigenvalue weighted by Gasteiger charge is 2.02. The molecule has 0 N–H and O–H groups in total. The number of aryl methyl sites for hydroxylation is 2.